The van der Waals surface area contributed by atoms with Gasteiger partial charge in [0.25, 0.3) is 0 Å². The van der Waals surface area contributed by atoms with Crippen LogP contribution in [0.4, 0.5) is 10.7 Å². The van der Waals surface area contributed by atoms with Crippen molar-refractivity contribution in [3.05, 3.63) is 10.4 Å². The molecule has 1 aliphatic rings. The second kappa shape index (κ2) is 5.10. The zero-order valence-electron chi connectivity index (χ0n) is 12.4. The fraction of sp³-hybridized carbons (Fsp3) is 0.600. The Morgan fingerprint density at radius 2 is 2.10 bits per heavy atom. The summed E-state index contributed by atoms with van der Waals surface area (Å²) in [5.41, 5.74) is 6.66. The van der Waals surface area contributed by atoms with E-state index in [0.29, 0.717) is 22.0 Å². The van der Waals surface area contributed by atoms with Crippen LogP contribution < -0.4 is 11.1 Å². The molecule has 4 nitrogen and oxygen atoms in total. The van der Waals surface area contributed by atoms with Gasteiger partial charge in [0.2, 0.25) is 0 Å². The Balaban J connectivity index is 2.36. The summed E-state index contributed by atoms with van der Waals surface area (Å²) in [7, 11) is 0. The van der Waals surface area contributed by atoms with E-state index in [1.54, 1.807) is 0 Å². The number of nitriles is 1. The van der Waals surface area contributed by atoms with Crippen LogP contribution >= 0.6 is 11.3 Å². The maximum atomic E-state index is 12.2. The monoisotopic (exact) mass is 291 g/mol. The van der Waals surface area contributed by atoms with E-state index < -0.39 is 0 Å². The van der Waals surface area contributed by atoms with E-state index in [1.165, 1.54) is 24.2 Å². The van der Waals surface area contributed by atoms with Crippen LogP contribution in [-0.2, 0) is 0 Å². The predicted octanol–water partition coefficient (Wildman–Crippen LogP) is 3.64. The number of nitrogens with two attached hydrogens (primary N) is 1. The number of carbonyl (C=O) groups excluding carboxylic acids is 1. The molecule has 108 valence electrons. The molecule has 1 aromatic heterocycles. The van der Waals surface area contributed by atoms with Crippen LogP contribution in [0.15, 0.2) is 0 Å². The lowest BCUT2D eigenvalue weighted by Crippen LogP contribution is -2.33. The molecule has 0 aromatic carbocycles. The molecule has 0 bridgehead atoms. The molecule has 1 aromatic rings. The third-order valence-corrected chi connectivity index (χ3v) is 4.97. The van der Waals surface area contributed by atoms with Crippen molar-refractivity contribution in [2.75, 3.05) is 11.1 Å². The van der Waals surface area contributed by atoms with Crippen molar-refractivity contribution in [1.29, 1.82) is 5.26 Å². The predicted molar refractivity (Wildman–Crippen MR) is 83.0 cm³/mol. The normalized spacial score (nSPS) is 15.2. The largest absolute Gasteiger partial charge is 0.396 e. The molecule has 20 heavy (non-hydrogen) atoms. The quantitative estimate of drug-likeness (QED) is 0.812. The van der Waals surface area contributed by atoms with Crippen molar-refractivity contribution in [3.63, 3.8) is 0 Å². The summed E-state index contributed by atoms with van der Waals surface area (Å²) in [5, 5.41) is 13.5. The number of nitrogen functional groups attached to an aromatic ring is 1. The van der Waals surface area contributed by atoms with E-state index in [9.17, 15) is 10.1 Å². The van der Waals surface area contributed by atoms with Crippen molar-refractivity contribution >= 4 is 27.8 Å². The number of thiophene rings is 1. The third kappa shape index (κ3) is 2.66. The molecule has 3 N–H and O–H groups in total. The van der Waals surface area contributed by atoms with Crippen LogP contribution in [0.5, 0.6) is 0 Å². The molecule has 5 heteroatoms. The van der Waals surface area contributed by atoms with Crippen molar-refractivity contribution < 1.29 is 4.79 Å². The average Bonchev–Trinajstić information content (AvgIpc) is 3.15. The first kappa shape index (κ1) is 14.9. The van der Waals surface area contributed by atoms with Crippen molar-refractivity contribution in [1.82, 2.24) is 0 Å². The first-order chi connectivity index (χ1) is 9.27. The molecule has 1 aliphatic carbocycles. The number of Topliss-reactive ketones (excluding diaryl/α,β-unsaturated/α-hetero) is 1. The second-order valence-electron chi connectivity index (χ2n) is 6.30. The van der Waals surface area contributed by atoms with Crippen molar-refractivity contribution in [3.8, 4) is 6.07 Å². The second-order valence-corrected chi connectivity index (χ2v) is 7.32. The van der Waals surface area contributed by atoms with Gasteiger partial charge in [0.15, 0.2) is 5.78 Å². The Bertz CT molecular complexity index is 577. The van der Waals surface area contributed by atoms with Gasteiger partial charge in [-0.15, -0.1) is 11.3 Å². The molecular weight excluding hydrogens is 270 g/mol. The molecule has 0 saturated heterocycles. The Morgan fingerprint density at radius 3 is 2.55 bits per heavy atom. The zero-order valence-corrected chi connectivity index (χ0v) is 13.2. The molecular formula is C15H21N3OS. The van der Waals surface area contributed by atoms with Crippen LogP contribution in [0.2, 0.25) is 0 Å². The minimum absolute atomic E-state index is 0.00118. The van der Waals surface area contributed by atoms with E-state index in [1.807, 2.05) is 13.8 Å². The summed E-state index contributed by atoms with van der Waals surface area (Å²) in [4.78, 5) is 12.7. The van der Waals surface area contributed by atoms with Gasteiger partial charge in [-0.05, 0) is 32.6 Å². The van der Waals surface area contributed by atoms with Gasteiger partial charge < -0.3 is 11.1 Å². The lowest BCUT2D eigenvalue weighted by molar-refractivity contribution is 0.0944. The smallest absolute Gasteiger partial charge is 0.177 e. The highest BCUT2D eigenvalue weighted by Gasteiger charge is 2.38. The van der Waals surface area contributed by atoms with Gasteiger partial charge in [-0.2, -0.15) is 5.26 Å². The number of nitrogens with one attached hydrogen (secondary N) is 1. The first-order valence-electron chi connectivity index (χ1n) is 6.92. The molecule has 2 rings (SSSR count). The Hall–Kier alpha value is -1.54. The summed E-state index contributed by atoms with van der Waals surface area (Å²) in [5.74, 6) is 0.509. The molecule has 1 heterocycles. The Kier molecular flexibility index (Phi) is 3.79. The number of rotatable bonds is 5. The van der Waals surface area contributed by atoms with Gasteiger partial charge in [0, 0.05) is 11.5 Å². The number of hydrogen-bond acceptors (Lipinski definition) is 5. The molecule has 0 spiro atoms. The van der Waals surface area contributed by atoms with Crippen LogP contribution in [0.3, 0.4) is 0 Å². The van der Waals surface area contributed by atoms with Gasteiger partial charge in [-0.25, -0.2) is 0 Å². The summed E-state index contributed by atoms with van der Waals surface area (Å²) in [6.07, 6.45) is 2.42. The number of nitrogens with zero attached hydrogens (tertiary/aromatic N) is 1. The SMILES string of the molecule is CC(C)C(=O)c1sc(NC(C)(C)C2CC2)c(C#N)c1N. The first-order valence-corrected chi connectivity index (χ1v) is 7.74. The average molecular weight is 291 g/mol. The number of carbonyl (C=O) groups is 1. The fourth-order valence-corrected chi connectivity index (χ4v) is 3.61. The van der Waals surface area contributed by atoms with E-state index in [0.717, 1.165) is 5.00 Å². The van der Waals surface area contributed by atoms with Crippen LogP contribution in [0.1, 0.15) is 55.8 Å². The highest BCUT2D eigenvalue weighted by atomic mass is 32.1. The highest BCUT2D eigenvalue weighted by Crippen LogP contribution is 2.44. The van der Waals surface area contributed by atoms with E-state index in [4.69, 9.17) is 5.73 Å². The third-order valence-electron chi connectivity index (χ3n) is 3.84. The topological polar surface area (TPSA) is 78.9 Å². The maximum absolute atomic E-state index is 12.2. The summed E-state index contributed by atoms with van der Waals surface area (Å²) >= 11 is 1.31. The summed E-state index contributed by atoms with van der Waals surface area (Å²) in [6.45, 7) is 7.95. The number of anilines is 2. The van der Waals surface area contributed by atoms with Crippen LogP contribution in [-0.4, -0.2) is 11.3 Å². The van der Waals surface area contributed by atoms with Gasteiger partial charge >= 0.3 is 0 Å². The summed E-state index contributed by atoms with van der Waals surface area (Å²) in [6, 6.07) is 2.13. The van der Waals surface area contributed by atoms with Crippen LogP contribution in [0, 0.1) is 23.2 Å². The van der Waals surface area contributed by atoms with E-state index in [2.05, 4.69) is 25.2 Å². The van der Waals surface area contributed by atoms with E-state index in [-0.39, 0.29) is 17.2 Å². The Morgan fingerprint density at radius 1 is 1.50 bits per heavy atom. The number of ketones is 1. The molecule has 0 radical (unpaired) electrons. The van der Waals surface area contributed by atoms with Gasteiger partial charge in [0.1, 0.15) is 16.6 Å². The lowest BCUT2D eigenvalue weighted by Gasteiger charge is -2.26. The standard InChI is InChI=1S/C15H21N3OS/c1-8(2)12(19)13-11(17)10(7-16)14(20-13)18-15(3,4)9-5-6-9/h8-9,18H,5-6,17H2,1-4H3. The van der Waals surface area contributed by atoms with Crippen molar-refractivity contribution in [2.45, 2.75) is 46.1 Å². The van der Waals surface area contributed by atoms with Gasteiger partial charge in [-0.1, -0.05) is 13.8 Å². The molecule has 0 atom stereocenters. The maximum Gasteiger partial charge on any atom is 0.177 e. The molecule has 1 saturated carbocycles. The minimum atomic E-state index is -0.119. The fourth-order valence-electron chi connectivity index (χ4n) is 2.29. The molecule has 1 fully saturated rings. The minimum Gasteiger partial charge on any atom is -0.396 e. The van der Waals surface area contributed by atoms with E-state index >= 15 is 0 Å². The highest BCUT2D eigenvalue weighted by molar-refractivity contribution is 7.19. The Labute approximate surface area is 124 Å². The van der Waals surface area contributed by atoms with Crippen LogP contribution in [0.25, 0.3) is 0 Å². The zero-order chi connectivity index (χ0) is 15.1. The molecule has 0 amide bonds. The molecule has 0 aliphatic heterocycles. The van der Waals surface area contributed by atoms with Crippen molar-refractivity contribution in [2.24, 2.45) is 11.8 Å². The van der Waals surface area contributed by atoms with Gasteiger partial charge in [-0.3, -0.25) is 4.79 Å². The van der Waals surface area contributed by atoms with Gasteiger partial charge in [0.05, 0.1) is 10.6 Å². The summed E-state index contributed by atoms with van der Waals surface area (Å²) < 4.78 is 0. The molecule has 0 unspecified atom stereocenters. The lowest BCUT2D eigenvalue weighted by atomic mass is 9.99. The number of hydrogen-bond donors (Lipinski definition) is 2.